The van der Waals surface area contributed by atoms with Crippen LogP contribution in [0.2, 0.25) is 10.0 Å². The van der Waals surface area contributed by atoms with Crippen molar-refractivity contribution in [1.29, 1.82) is 0 Å². The van der Waals surface area contributed by atoms with Crippen LogP contribution in [0.1, 0.15) is 18.1 Å². The molecule has 1 fully saturated rings. The topological polar surface area (TPSA) is 46.6 Å². The molecule has 0 aromatic heterocycles. The summed E-state index contributed by atoms with van der Waals surface area (Å²) in [6.07, 6.45) is 1.66. The molecule has 26 heavy (non-hydrogen) atoms. The van der Waals surface area contributed by atoms with Gasteiger partial charge in [0.25, 0.3) is 11.1 Å². The molecule has 2 aromatic rings. The molecule has 0 radical (unpaired) electrons. The monoisotopic (exact) mass is 407 g/mol. The molecule has 0 unspecified atom stereocenters. The molecule has 1 heterocycles. The summed E-state index contributed by atoms with van der Waals surface area (Å²) in [6.45, 7) is 2.58. The zero-order valence-electron chi connectivity index (χ0n) is 13.9. The number of imide groups is 1. The molecule has 3 rings (SSSR count). The average Bonchev–Trinajstić information content (AvgIpc) is 2.85. The van der Waals surface area contributed by atoms with Crippen LogP contribution >= 0.6 is 35.0 Å². The van der Waals surface area contributed by atoms with Crippen molar-refractivity contribution in [3.05, 3.63) is 68.5 Å². The predicted molar refractivity (Wildman–Crippen MR) is 106 cm³/mol. The number of nitrogens with zero attached hydrogens (tertiary/aromatic N) is 1. The first-order valence-corrected chi connectivity index (χ1v) is 9.47. The molecule has 1 saturated heterocycles. The average molecular weight is 408 g/mol. The Kier molecular flexibility index (Phi) is 5.91. The molecule has 2 amide bonds. The van der Waals surface area contributed by atoms with E-state index in [2.05, 4.69) is 0 Å². The summed E-state index contributed by atoms with van der Waals surface area (Å²) in [5, 5.41) is 0.714. The Labute approximate surface area is 165 Å². The molecule has 134 valence electrons. The first-order chi connectivity index (χ1) is 12.5. The molecule has 4 nitrogen and oxygen atoms in total. The van der Waals surface area contributed by atoms with Crippen LogP contribution in [0.4, 0.5) is 4.79 Å². The van der Waals surface area contributed by atoms with Crippen LogP contribution in [0.25, 0.3) is 6.08 Å². The van der Waals surface area contributed by atoms with Crippen molar-refractivity contribution in [2.45, 2.75) is 13.5 Å². The van der Waals surface area contributed by atoms with Crippen molar-refractivity contribution in [1.82, 2.24) is 4.90 Å². The predicted octanol–water partition coefficient (Wildman–Crippen LogP) is 5.63. The van der Waals surface area contributed by atoms with E-state index in [4.69, 9.17) is 27.9 Å². The van der Waals surface area contributed by atoms with Crippen LogP contribution in [0.15, 0.2) is 47.4 Å². The lowest BCUT2D eigenvalue weighted by molar-refractivity contribution is -0.123. The van der Waals surface area contributed by atoms with Crippen molar-refractivity contribution < 1.29 is 14.3 Å². The van der Waals surface area contributed by atoms with Gasteiger partial charge < -0.3 is 4.74 Å². The van der Waals surface area contributed by atoms with E-state index in [9.17, 15) is 9.59 Å². The normalized spacial score (nSPS) is 15.8. The Morgan fingerprint density at radius 1 is 1.15 bits per heavy atom. The molecule has 0 bridgehead atoms. The molecule has 0 aliphatic carbocycles. The fourth-order valence-electron chi connectivity index (χ4n) is 2.48. The van der Waals surface area contributed by atoms with E-state index in [0.29, 0.717) is 27.3 Å². The molecule has 1 aliphatic rings. The van der Waals surface area contributed by atoms with Crippen molar-refractivity contribution in [3.8, 4) is 5.75 Å². The van der Waals surface area contributed by atoms with Gasteiger partial charge in [0.05, 0.1) is 23.1 Å². The molecular weight excluding hydrogens is 393 g/mol. The van der Waals surface area contributed by atoms with Crippen molar-refractivity contribution >= 4 is 52.2 Å². The summed E-state index contributed by atoms with van der Waals surface area (Å²) in [4.78, 5) is 26.4. The summed E-state index contributed by atoms with van der Waals surface area (Å²) in [6, 6.07) is 12.3. The van der Waals surface area contributed by atoms with E-state index >= 15 is 0 Å². The maximum atomic E-state index is 12.6. The molecule has 1 aliphatic heterocycles. The highest BCUT2D eigenvalue weighted by molar-refractivity contribution is 8.18. The number of carbonyl (C=O) groups excluding carboxylic acids is 2. The molecule has 2 aromatic carbocycles. The van der Waals surface area contributed by atoms with Crippen LogP contribution in [-0.4, -0.2) is 22.7 Å². The Hall–Kier alpha value is -1.95. The third kappa shape index (κ3) is 4.23. The Morgan fingerprint density at radius 2 is 1.96 bits per heavy atom. The number of hydrogen-bond donors (Lipinski definition) is 0. The van der Waals surface area contributed by atoms with Crippen LogP contribution in [0, 0.1) is 0 Å². The smallest absolute Gasteiger partial charge is 0.293 e. The van der Waals surface area contributed by atoms with Gasteiger partial charge in [-0.2, -0.15) is 0 Å². The fourth-order valence-corrected chi connectivity index (χ4v) is 3.78. The molecule has 0 atom stereocenters. The number of benzene rings is 2. The maximum absolute atomic E-state index is 12.6. The summed E-state index contributed by atoms with van der Waals surface area (Å²) < 4.78 is 5.39. The second kappa shape index (κ2) is 8.16. The Morgan fingerprint density at radius 3 is 2.65 bits per heavy atom. The van der Waals surface area contributed by atoms with E-state index in [0.717, 1.165) is 22.9 Å². The minimum Gasteiger partial charge on any atom is -0.492 e. The van der Waals surface area contributed by atoms with Crippen molar-refractivity contribution in [3.63, 3.8) is 0 Å². The van der Waals surface area contributed by atoms with Gasteiger partial charge in [-0.05, 0) is 60.2 Å². The molecule has 0 spiro atoms. The lowest BCUT2D eigenvalue weighted by Gasteiger charge is -2.12. The number of amides is 2. The van der Waals surface area contributed by atoms with E-state index < -0.39 is 0 Å². The number of halogens is 2. The number of ether oxygens (including phenoxy) is 1. The molecule has 0 saturated carbocycles. The first kappa shape index (κ1) is 18.8. The van der Waals surface area contributed by atoms with Gasteiger partial charge in [0.1, 0.15) is 5.75 Å². The SMILES string of the molecule is CCOc1ccc(/C=C2\SC(=O)N(Cc3cccc(Cl)c3)C2=O)cc1Cl. The van der Waals surface area contributed by atoms with Crippen molar-refractivity contribution in [2.75, 3.05) is 6.61 Å². The van der Waals surface area contributed by atoms with Crippen LogP contribution in [0.3, 0.4) is 0 Å². The fraction of sp³-hybridized carbons (Fsp3) is 0.158. The van der Waals surface area contributed by atoms with Gasteiger partial charge in [0, 0.05) is 5.02 Å². The summed E-state index contributed by atoms with van der Waals surface area (Å²) in [7, 11) is 0. The lowest BCUT2D eigenvalue weighted by Crippen LogP contribution is -2.27. The van der Waals surface area contributed by atoms with E-state index in [-0.39, 0.29) is 17.7 Å². The van der Waals surface area contributed by atoms with E-state index in [1.54, 1.807) is 42.5 Å². The van der Waals surface area contributed by atoms with E-state index in [1.807, 2.05) is 13.0 Å². The summed E-state index contributed by atoms with van der Waals surface area (Å²) in [5.74, 6) is 0.255. The van der Waals surface area contributed by atoms with Crippen LogP contribution in [0.5, 0.6) is 5.75 Å². The summed E-state index contributed by atoms with van der Waals surface area (Å²) >= 11 is 13.0. The zero-order chi connectivity index (χ0) is 18.7. The maximum Gasteiger partial charge on any atom is 0.293 e. The second-order valence-corrected chi connectivity index (χ2v) is 7.36. The van der Waals surface area contributed by atoms with Crippen LogP contribution < -0.4 is 4.74 Å². The van der Waals surface area contributed by atoms with Crippen LogP contribution in [-0.2, 0) is 11.3 Å². The zero-order valence-corrected chi connectivity index (χ0v) is 16.2. The van der Waals surface area contributed by atoms with E-state index in [1.165, 1.54) is 4.90 Å². The minimum atomic E-state index is -0.329. The largest absolute Gasteiger partial charge is 0.492 e. The van der Waals surface area contributed by atoms with Gasteiger partial charge in [0.2, 0.25) is 0 Å². The standard InChI is InChI=1S/C19H15Cl2NO3S/c1-2-25-16-7-6-12(9-15(16)21)10-17-18(23)22(19(24)26-17)11-13-4-3-5-14(20)8-13/h3-10H,2,11H2,1H3/b17-10-. The number of rotatable bonds is 5. The number of thioether (sulfide) groups is 1. The Balaban J connectivity index is 1.80. The minimum absolute atomic E-state index is 0.187. The first-order valence-electron chi connectivity index (χ1n) is 7.90. The number of hydrogen-bond acceptors (Lipinski definition) is 4. The van der Waals surface area contributed by atoms with Crippen molar-refractivity contribution in [2.24, 2.45) is 0 Å². The highest BCUT2D eigenvalue weighted by atomic mass is 35.5. The lowest BCUT2D eigenvalue weighted by atomic mass is 10.2. The van der Waals surface area contributed by atoms with Gasteiger partial charge in [-0.1, -0.05) is 41.4 Å². The van der Waals surface area contributed by atoms with Gasteiger partial charge in [-0.3, -0.25) is 14.5 Å². The van der Waals surface area contributed by atoms with Gasteiger partial charge >= 0.3 is 0 Å². The van der Waals surface area contributed by atoms with Gasteiger partial charge in [-0.25, -0.2) is 0 Å². The third-order valence-electron chi connectivity index (χ3n) is 3.66. The summed E-state index contributed by atoms with van der Waals surface area (Å²) in [5.41, 5.74) is 1.52. The highest BCUT2D eigenvalue weighted by Crippen LogP contribution is 2.34. The van der Waals surface area contributed by atoms with Gasteiger partial charge in [-0.15, -0.1) is 0 Å². The second-order valence-electron chi connectivity index (χ2n) is 5.52. The molecule has 7 heteroatoms. The highest BCUT2D eigenvalue weighted by Gasteiger charge is 2.35. The Bertz CT molecular complexity index is 898. The third-order valence-corrected chi connectivity index (χ3v) is 5.09. The van der Waals surface area contributed by atoms with Gasteiger partial charge in [0.15, 0.2) is 0 Å². The molecule has 0 N–H and O–H groups in total. The quantitative estimate of drug-likeness (QED) is 0.602. The number of carbonyl (C=O) groups is 2. The molecular formula is C19H15Cl2NO3S.